The lowest BCUT2D eigenvalue weighted by molar-refractivity contribution is 1.38. The van der Waals surface area contributed by atoms with Gasteiger partial charge in [0.2, 0.25) is 0 Å². The topological polar surface area (TPSA) is 12.4 Å². The Morgan fingerprint density at radius 1 is 1.50 bits per heavy atom. The van der Waals surface area contributed by atoms with Crippen molar-refractivity contribution in [2.75, 3.05) is 0 Å². The second kappa shape index (κ2) is 5.53. The molecule has 1 aromatic rings. The van der Waals surface area contributed by atoms with Crippen molar-refractivity contribution in [1.82, 2.24) is 0 Å². The van der Waals surface area contributed by atoms with Crippen molar-refractivity contribution in [2.24, 2.45) is 4.99 Å². The third kappa shape index (κ3) is 2.74. The van der Waals surface area contributed by atoms with Crippen molar-refractivity contribution in [2.45, 2.75) is 20.8 Å². The summed E-state index contributed by atoms with van der Waals surface area (Å²) in [5, 5.41) is 0.676. The van der Waals surface area contributed by atoms with Gasteiger partial charge in [0.1, 0.15) is 0 Å². The summed E-state index contributed by atoms with van der Waals surface area (Å²) in [5.41, 5.74) is 3.93. The second-order valence-electron chi connectivity index (χ2n) is 3.50. The van der Waals surface area contributed by atoms with Crippen molar-refractivity contribution in [3.63, 3.8) is 0 Å². The quantitative estimate of drug-likeness (QED) is 0.528. The highest BCUT2D eigenvalue weighted by Gasteiger charge is 2.06. The molecule has 0 radical (unpaired) electrons. The smallest absolute Gasteiger partial charge is 0.0669 e. The Bertz CT molecular complexity index is 490. The molecule has 1 nitrogen and oxygen atoms in total. The average molecular weight is 232 g/mol. The molecule has 0 saturated carbocycles. The summed E-state index contributed by atoms with van der Waals surface area (Å²) in [6.07, 6.45) is 8.70. The van der Waals surface area contributed by atoms with E-state index in [1.54, 1.807) is 12.3 Å². The molecule has 82 valence electrons. The minimum atomic E-state index is 0.676. The predicted octanol–water partition coefficient (Wildman–Crippen LogP) is 4.41. The van der Waals surface area contributed by atoms with Crippen molar-refractivity contribution >= 4 is 29.1 Å². The van der Waals surface area contributed by atoms with Gasteiger partial charge in [-0.25, -0.2) is 0 Å². The maximum Gasteiger partial charge on any atom is 0.0669 e. The summed E-state index contributed by atoms with van der Waals surface area (Å²) in [6, 6.07) is 3.87. The van der Waals surface area contributed by atoms with Crippen molar-refractivity contribution in [1.29, 1.82) is 0 Å². The van der Waals surface area contributed by atoms with Crippen LogP contribution in [0.3, 0.4) is 0 Å². The number of aryl methyl sites for hydroxylation is 1. The maximum atomic E-state index is 6.18. The number of rotatable bonds is 2. The van der Waals surface area contributed by atoms with Gasteiger partial charge in [-0.05, 0) is 55.7 Å². The molecule has 0 fully saturated rings. The van der Waals surface area contributed by atoms with Crippen LogP contribution in [0.2, 0.25) is 5.02 Å². The van der Waals surface area contributed by atoms with E-state index in [0.717, 1.165) is 22.4 Å². The van der Waals surface area contributed by atoms with E-state index in [2.05, 4.69) is 10.9 Å². The van der Waals surface area contributed by atoms with E-state index in [0.29, 0.717) is 5.02 Å². The van der Waals surface area contributed by atoms with Gasteiger partial charge in [-0.15, -0.1) is 6.42 Å². The second-order valence-corrected chi connectivity index (χ2v) is 3.91. The largest absolute Gasteiger partial charge is 0.261 e. The molecule has 0 aliphatic rings. The van der Waals surface area contributed by atoms with Crippen LogP contribution in [0.1, 0.15) is 25.0 Å². The molecule has 0 spiro atoms. The van der Waals surface area contributed by atoms with Crippen LogP contribution in [0.25, 0.3) is 5.57 Å². The first kappa shape index (κ1) is 12.5. The van der Waals surface area contributed by atoms with E-state index in [1.807, 2.05) is 32.9 Å². The zero-order valence-electron chi connectivity index (χ0n) is 9.71. The normalized spacial score (nSPS) is 11.8. The maximum absolute atomic E-state index is 6.18. The molecule has 1 aromatic carbocycles. The fourth-order valence-corrected chi connectivity index (χ4v) is 1.76. The Balaban J connectivity index is 3.32. The molecular formula is C14H14ClN. The van der Waals surface area contributed by atoms with Crippen molar-refractivity contribution in [3.05, 3.63) is 34.4 Å². The number of aliphatic imine (C=N–C) groups is 1. The summed E-state index contributed by atoms with van der Waals surface area (Å²) in [6.45, 7) is 5.83. The molecule has 0 bridgehead atoms. The number of terminal acetylenes is 1. The van der Waals surface area contributed by atoms with Crippen LogP contribution in [0, 0.1) is 19.3 Å². The standard InChI is InChI=1S/C14H14ClN/c1-5-7-10(3)12-8-11(4)14(16-6-2)9-13(12)15/h1,6-9H,2-4H3/b10-7+,16-6?. The molecule has 0 aliphatic heterocycles. The zero-order chi connectivity index (χ0) is 12.1. The highest BCUT2D eigenvalue weighted by molar-refractivity contribution is 6.32. The average Bonchev–Trinajstić information content (AvgIpc) is 2.23. The molecule has 0 N–H and O–H groups in total. The number of allylic oxidation sites excluding steroid dienone is 2. The first-order valence-corrected chi connectivity index (χ1v) is 5.40. The SMILES string of the molecule is C#C/C=C(\C)c1cc(C)c(N=CC)cc1Cl. The van der Waals surface area contributed by atoms with Gasteiger partial charge < -0.3 is 0 Å². The Morgan fingerprint density at radius 2 is 2.19 bits per heavy atom. The molecule has 0 amide bonds. The lowest BCUT2D eigenvalue weighted by atomic mass is 10.0. The van der Waals surface area contributed by atoms with E-state index in [9.17, 15) is 0 Å². The molecule has 16 heavy (non-hydrogen) atoms. The summed E-state index contributed by atoms with van der Waals surface area (Å²) in [7, 11) is 0. The van der Waals surface area contributed by atoms with Crippen LogP contribution in [-0.2, 0) is 0 Å². The van der Waals surface area contributed by atoms with Crippen molar-refractivity contribution < 1.29 is 0 Å². The lowest BCUT2D eigenvalue weighted by Gasteiger charge is -2.08. The summed E-state index contributed by atoms with van der Waals surface area (Å²) >= 11 is 6.18. The van der Waals surface area contributed by atoms with E-state index in [-0.39, 0.29) is 0 Å². The van der Waals surface area contributed by atoms with Gasteiger partial charge in [-0.3, -0.25) is 4.99 Å². The van der Waals surface area contributed by atoms with Crippen LogP contribution in [0.5, 0.6) is 0 Å². The molecule has 0 atom stereocenters. The number of benzene rings is 1. The Kier molecular flexibility index (Phi) is 4.34. The van der Waals surface area contributed by atoms with Gasteiger partial charge in [-0.1, -0.05) is 17.5 Å². The third-order valence-electron chi connectivity index (χ3n) is 2.28. The molecule has 0 aliphatic carbocycles. The number of hydrogen-bond donors (Lipinski definition) is 0. The minimum absolute atomic E-state index is 0.676. The number of nitrogens with zero attached hydrogens (tertiary/aromatic N) is 1. The number of hydrogen-bond acceptors (Lipinski definition) is 1. The van der Waals surface area contributed by atoms with E-state index in [1.165, 1.54) is 0 Å². The first-order chi connectivity index (χ1) is 7.60. The van der Waals surface area contributed by atoms with Crippen LogP contribution in [0.4, 0.5) is 5.69 Å². The monoisotopic (exact) mass is 231 g/mol. The van der Waals surface area contributed by atoms with Gasteiger partial charge in [-0.2, -0.15) is 0 Å². The zero-order valence-corrected chi connectivity index (χ0v) is 10.5. The fourth-order valence-electron chi connectivity index (χ4n) is 1.45. The van der Waals surface area contributed by atoms with Gasteiger partial charge in [0.05, 0.1) is 10.7 Å². The Hall–Kier alpha value is -1.52. The fraction of sp³-hybridized carbons (Fsp3) is 0.214. The van der Waals surface area contributed by atoms with Crippen molar-refractivity contribution in [3.8, 4) is 12.3 Å². The summed E-state index contributed by atoms with van der Waals surface area (Å²) in [5.74, 6) is 2.50. The van der Waals surface area contributed by atoms with E-state index in [4.69, 9.17) is 18.0 Å². The van der Waals surface area contributed by atoms with Crippen LogP contribution in [-0.4, -0.2) is 6.21 Å². The molecule has 0 aromatic heterocycles. The lowest BCUT2D eigenvalue weighted by Crippen LogP contribution is -1.85. The first-order valence-electron chi connectivity index (χ1n) is 5.02. The summed E-state index contributed by atoms with van der Waals surface area (Å²) < 4.78 is 0. The minimum Gasteiger partial charge on any atom is -0.261 e. The molecule has 0 saturated heterocycles. The van der Waals surface area contributed by atoms with Gasteiger partial charge >= 0.3 is 0 Å². The van der Waals surface area contributed by atoms with Gasteiger partial charge in [0, 0.05) is 6.21 Å². The highest BCUT2D eigenvalue weighted by Crippen LogP contribution is 2.31. The third-order valence-corrected chi connectivity index (χ3v) is 2.59. The molecule has 0 heterocycles. The van der Waals surface area contributed by atoms with Crippen LogP contribution < -0.4 is 0 Å². The van der Waals surface area contributed by atoms with Gasteiger partial charge in [0.25, 0.3) is 0 Å². The number of halogens is 1. The molecule has 2 heteroatoms. The Labute approximate surface area is 102 Å². The van der Waals surface area contributed by atoms with Crippen LogP contribution >= 0.6 is 11.6 Å². The molecular weight excluding hydrogens is 218 g/mol. The van der Waals surface area contributed by atoms with Gasteiger partial charge in [0.15, 0.2) is 0 Å². The molecule has 0 unspecified atom stereocenters. The highest BCUT2D eigenvalue weighted by atomic mass is 35.5. The van der Waals surface area contributed by atoms with E-state index < -0.39 is 0 Å². The molecule has 1 rings (SSSR count). The summed E-state index contributed by atoms with van der Waals surface area (Å²) in [4.78, 5) is 4.24. The van der Waals surface area contributed by atoms with E-state index >= 15 is 0 Å². The van der Waals surface area contributed by atoms with Crippen LogP contribution in [0.15, 0.2) is 23.2 Å². The Morgan fingerprint density at radius 3 is 2.75 bits per heavy atom. The predicted molar refractivity (Wildman–Crippen MR) is 72.5 cm³/mol.